The molecule has 4 fully saturated rings. The lowest BCUT2D eigenvalue weighted by molar-refractivity contribution is -0.462. The Bertz CT molecular complexity index is 3970. The number of aromatic hydroxyl groups is 1. The molecule has 0 spiro atoms. The van der Waals surface area contributed by atoms with Crippen LogP contribution in [0.25, 0.3) is 0 Å². The lowest BCUT2D eigenvalue weighted by Crippen LogP contribution is -3.00. The van der Waals surface area contributed by atoms with Crippen molar-refractivity contribution >= 4 is 94.7 Å². The number of aliphatic hydroxyl groups excluding tert-OH is 7. The van der Waals surface area contributed by atoms with Crippen molar-refractivity contribution in [3.8, 4) is 5.75 Å². The standard InChI is InChI=1S/C83H128N16O25.ClH/c1-9-10-11-12-13-14-15-16-17-18-22-26-55-37-62(109)91-65(46(5)100)76(115)88-45(4)72(111)90-57(35-50-28-30-53(104)31-29-50)73(112)93-64(44(2)3)80(119)99-42-54(105)36-58(99)74(113)94-67(48(7)102)78(117)95-68(49(8)103)81(120)98-34-32-59(106)70(98)79(118)96-69(60(107)38-61(84)108)75(114)87-39-63(110)92-66(47(6)101)77(116)89-56(82(121)124-55)27-23-33-86-71(85)52-40-97(41-52)83(122)123-43-51-24-20-19-21-25-51;/h19-21,24-25,28-31,44-49,52,54-60,64-70,100-107H,9-18,22-23,26-27,32-43H2,1-8H3,(H2,84,108)(H2,85,86)(H,87,114)(H,88,115)(H,89,116)(H,90,111)(H,91,109)(H,92,110)(H,93,112)(H,94,113)(H,95,117)(H,96,118);1H/t45-,46-,47-,48-,49-,54-,55-,56+,57+,58+,59+,60-,64+,65-,66-,67-,68+,69+,70+;/m1./s1. The highest BCUT2D eigenvalue weighted by atomic mass is 35.5. The number of nitrogens with one attached hydrogen (secondary N) is 11. The maximum Gasteiger partial charge on any atom is 0.410 e. The fourth-order valence-corrected chi connectivity index (χ4v) is 14.8. The van der Waals surface area contributed by atoms with Gasteiger partial charge in [0.05, 0.1) is 74.6 Å². The molecule has 0 radical (unpaired) electrons. The van der Waals surface area contributed by atoms with Gasteiger partial charge in [-0.25, -0.2) is 9.59 Å². The van der Waals surface area contributed by atoms with Crippen molar-refractivity contribution in [1.29, 1.82) is 0 Å². The van der Waals surface area contributed by atoms with E-state index in [1.165, 1.54) is 49.9 Å². The number of carbonyl (C=O) groups excluding carboxylic acids is 15. The number of hydrogen-bond acceptors (Lipinski definition) is 25. The second-order valence-electron chi connectivity index (χ2n) is 32.9. The Labute approximate surface area is 732 Å². The van der Waals surface area contributed by atoms with Gasteiger partial charge in [0.2, 0.25) is 82.6 Å². The number of ether oxygens (including phenoxy) is 2. The molecule has 4 heterocycles. The maximum atomic E-state index is 14.9. The number of nitrogens with zero attached hydrogens (tertiary/aromatic N) is 3. The first-order valence-corrected chi connectivity index (χ1v) is 42.6. The van der Waals surface area contributed by atoms with Gasteiger partial charge in [0.1, 0.15) is 84.9 Å². The molecule has 698 valence electrons. The fraction of sp³-hybridized carbons (Fsp3) is 0.663. The van der Waals surface area contributed by atoms with Crippen LogP contribution >= 0.6 is 0 Å². The molecule has 125 heavy (non-hydrogen) atoms. The van der Waals surface area contributed by atoms with Gasteiger partial charge >= 0.3 is 12.1 Å². The van der Waals surface area contributed by atoms with Crippen molar-refractivity contribution in [2.45, 2.75) is 299 Å². The van der Waals surface area contributed by atoms with Crippen LogP contribution in [0.15, 0.2) is 54.6 Å². The van der Waals surface area contributed by atoms with E-state index in [1.807, 2.05) is 6.07 Å². The predicted octanol–water partition coefficient (Wildman–Crippen LogP) is -8.72. The average Bonchev–Trinajstić information content (AvgIpc) is 1.67. The van der Waals surface area contributed by atoms with Crippen molar-refractivity contribution in [2.75, 3.05) is 39.3 Å². The first-order valence-electron chi connectivity index (χ1n) is 42.6. The van der Waals surface area contributed by atoms with Gasteiger partial charge in [-0.15, -0.1) is 0 Å². The Morgan fingerprint density at radius 3 is 1.66 bits per heavy atom. The zero-order valence-corrected chi connectivity index (χ0v) is 72.9. The van der Waals surface area contributed by atoms with E-state index >= 15 is 0 Å². The molecule has 4 aliphatic heterocycles. The van der Waals surface area contributed by atoms with Gasteiger partial charge in [0, 0.05) is 39.0 Å². The minimum absolute atomic E-state index is 0. The minimum Gasteiger partial charge on any atom is -1.00 e. The average molecular weight is 1790 g/mol. The molecule has 0 unspecified atom stereocenters. The van der Waals surface area contributed by atoms with Crippen molar-refractivity contribution in [3.05, 3.63) is 65.7 Å². The van der Waals surface area contributed by atoms with Gasteiger partial charge in [0.25, 0.3) is 0 Å². The van der Waals surface area contributed by atoms with E-state index in [0.29, 0.717) is 23.3 Å². The molecule has 0 saturated carbocycles. The highest BCUT2D eigenvalue weighted by Gasteiger charge is 2.49. The maximum absolute atomic E-state index is 14.9. The zero-order chi connectivity index (χ0) is 91.8. The van der Waals surface area contributed by atoms with Crippen LogP contribution in [0.2, 0.25) is 0 Å². The number of phenolic OH excluding ortho intramolecular Hbond substituents is 1. The van der Waals surface area contributed by atoms with Crippen LogP contribution < -0.4 is 82.0 Å². The summed E-state index contributed by atoms with van der Waals surface area (Å²) in [5.74, 6) is -17.5. The van der Waals surface area contributed by atoms with E-state index in [2.05, 4.69) is 65.1 Å². The van der Waals surface area contributed by atoms with Crippen LogP contribution in [-0.2, 0) is 89.6 Å². The summed E-state index contributed by atoms with van der Waals surface area (Å²) in [5.41, 5.74) is 13.0. The lowest BCUT2D eigenvalue weighted by atomic mass is 9.99. The molecular weight excluding hydrogens is 1660 g/mol. The molecule has 0 bridgehead atoms. The molecule has 0 aromatic heterocycles. The smallest absolute Gasteiger partial charge is 0.410 e. The third-order valence-corrected chi connectivity index (χ3v) is 22.1. The summed E-state index contributed by atoms with van der Waals surface area (Å²) in [6.07, 6.45) is -7.40. The number of phenols is 1. The van der Waals surface area contributed by atoms with Gasteiger partial charge in [-0.1, -0.05) is 127 Å². The van der Waals surface area contributed by atoms with Gasteiger partial charge < -0.3 is 136 Å². The Balaban J connectivity index is 0.0000277. The third-order valence-electron chi connectivity index (χ3n) is 22.1. The SMILES string of the molecule is CCCCCCCCCCCCC[C@@H]1CC(=O)N[C@H]([C@@H](C)O)C(=O)N[C@H](C)C(=O)N[C@@H](Cc2ccc(O)cc2)C(=O)N[C@@H](C(C)C)C(=O)N2C[C@H](O)C[C@H]2C(=O)N[C@H]([C@@H](C)O)C(=O)N[C@@H]([C@@H](C)O)C(=O)N2CC[C@H](O)[C@H]2C(=O)N[C@@H]([C@H](O)CC(N)=O)C(=O)NCC(=O)N[C@H]([C@@H](C)O)C(=O)N[C@@H](CCC[NH+]=C(N)C2CN(C(=O)OCc3ccccc3)C2)C(=O)O1.[Cl-]. The van der Waals surface area contributed by atoms with E-state index < -0.39 is 249 Å². The monoisotopic (exact) mass is 1780 g/mol. The number of rotatable bonds is 29. The summed E-state index contributed by atoms with van der Waals surface area (Å²) in [5, 5.41) is 112. The number of unbranched alkanes of at least 4 members (excludes halogenated alkanes) is 10. The number of nitrogens with two attached hydrogens (primary N) is 2. The lowest BCUT2D eigenvalue weighted by Gasteiger charge is -2.35. The number of primary amides is 1. The molecule has 42 heteroatoms. The molecule has 4 saturated heterocycles. The number of halogens is 1. The summed E-state index contributed by atoms with van der Waals surface area (Å²) >= 11 is 0. The van der Waals surface area contributed by atoms with E-state index in [4.69, 9.17) is 20.9 Å². The molecule has 4 aliphatic rings. The Hall–Kier alpha value is -10.4. The van der Waals surface area contributed by atoms with E-state index in [-0.39, 0.29) is 88.3 Å². The summed E-state index contributed by atoms with van der Waals surface area (Å²) in [7, 11) is 0. The molecule has 14 amide bonds. The Morgan fingerprint density at radius 2 is 1.08 bits per heavy atom. The van der Waals surface area contributed by atoms with Crippen LogP contribution in [0.4, 0.5) is 4.79 Å². The van der Waals surface area contributed by atoms with Gasteiger partial charge in [-0.2, -0.15) is 0 Å². The number of likely N-dealkylation sites (tertiary alicyclic amines) is 1. The summed E-state index contributed by atoms with van der Waals surface area (Å²) in [4.78, 5) is 219. The topological polar surface area (TPSA) is 632 Å². The molecule has 2 aromatic rings. The van der Waals surface area contributed by atoms with E-state index in [9.17, 15) is 113 Å². The number of benzene rings is 2. The first kappa shape index (κ1) is 105. The normalized spacial score (nSPS) is 26.6. The molecule has 23 N–H and O–H groups in total. The molecule has 0 aliphatic carbocycles. The summed E-state index contributed by atoms with van der Waals surface area (Å²) < 4.78 is 11.6. The molecule has 19 atom stereocenters. The molecular formula is C83H129ClN16O25. The first-order chi connectivity index (χ1) is 58.7. The Morgan fingerprint density at radius 1 is 0.552 bits per heavy atom. The number of fused-ring (bicyclic) bond motifs is 2. The highest BCUT2D eigenvalue weighted by Crippen LogP contribution is 2.26. The summed E-state index contributed by atoms with van der Waals surface area (Å²) in [6.45, 7) is 9.07. The Kier molecular flexibility index (Phi) is 43.6. The molecule has 41 nitrogen and oxygen atoms in total. The second kappa shape index (κ2) is 51.9. The number of aliphatic hydroxyl groups is 7. The van der Waals surface area contributed by atoms with Crippen LogP contribution in [0.3, 0.4) is 0 Å². The largest absolute Gasteiger partial charge is 1.00 e. The number of esters is 1. The van der Waals surface area contributed by atoms with Gasteiger partial charge in [-0.3, -0.25) is 73.1 Å². The van der Waals surface area contributed by atoms with Crippen molar-refractivity contribution < 1.29 is 140 Å². The van der Waals surface area contributed by atoms with E-state index in [1.54, 1.807) is 24.3 Å². The van der Waals surface area contributed by atoms with Gasteiger partial charge in [-0.05, 0) is 95.9 Å². The zero-order valence-electron chi connectivity index (χ0n) is 72.1. The number of cyclic esters (lactones) is 1. The van der Waals surface area contributed by atoms with Gasteiger partial charge in [0.15, 0.2) is 0 Å². The second-order valence-corrected chi connectivity index (χ2v) is 32.9. The van der Waals surface area contributed by atoms with Crippen LogP contribution in [-0.4, -0.2) is 305 Å². The van der Waals surface area contributed by atoms with Crippen molar-refractivity contribution in [3.63, 3.8) is 0 Å². The highest BCUT2D eigenvalue weighted by molar-refractivity contribution is 6.00. The predicted molar refractivity (Wildman–Crippen MR) is 443 cm³/mol. The number of amidine groups is 1. The van der Waals surface area contributed by atoms with Crippen molar-refractivity contribution in [1.82, 2.24) is 67.9 Å². The molecule has 2 aromatic carbocycles. The van der Waals surface area contributed by atoms with Crippen LogP contribution in [0, 0.1) is 11.8 Å². The number of hydrogen-bond donors (Lipinski definition) is 21. The van der Waals surface area contributed by atoms with Crippen LogP contribution in [0.1, 0.15) is 182 Å². The summed E-state index contributed by atoms with van der Waals surface area (Å²) in [6, 6.07) is -5.70. The van der Waals surface area contributed by atoms with Crippen molar-refractivity contribution in [2.24, 2.45) is 23.3 Å². The number of carbonyl (C=O) groups is 15. The quantitative estimate of drug-likeness (QED) is 0.0156. The van der Waals surface area contributed by atoms with Crippen LogP contribution in [0.5, 0.6) is 5.75 Å². The number of amides is 14. The fourth-order valence-electron chi connectivity index (χ4n) is 14.8. The minimum atomic E-state index is -2.25. The molecule has 6 rings (SSSR count). The third kappa shape index (κ3) is 33.1. The van der Waals surface area contributed by atoms with E-state index in [0.717, 1.165) is 95.9 Å².